The average molecular weight is 385 g/mol. The van der Waals surface area contributed by atoms with Crippen molar-refractivity contribution in [3.05, 3.63) is 76.1 Å². The standard InChI is InChI=1S/C21H21ClN2O3/c1-13(2)15-8-10-16(11-9-15)23-21(25)20-17(14(3)27-24-20)12-26-19-7-5-4-6-18(19)22/h4-11,13H,12H2,1-3H3,(H,23,25). The minimum atomic E-state index is -0.345. The molecule has 0 aliphatic carbocycles. The highest BCUT2D eigenvalue weighted by Gasteiger charge is 2.21. The van der Waals surface area contributed by atoms with Gasteiger partial charge in [0.2, 0.25) is 0 Å². The zero-order valence-corrected chi connectivity index (χ0v) is 16.2. The van der Waals surface area contributed by atoms with E-state index in [9.17, 15) is 4.79 Å². The summed E-state index contributed by atoms with van der Waals surface area (Å²) in [5, 5.41) is 7.24. The largest absolute Gasteiger partial charge is 0.487 e. The summed E-state index contributed by atoms with van der Waals surface area (Å²) in [6.45, 7) is 6.12. The van der Waals surface area contributed by atoms with Crippen LogP contribution in [0.15, 0.2) is 53.1 Å². The second kappa shape index (κ2) is 8.27. The Morgan fingerprint density at radius 3 is 2.56 bits per heavy atom. The Labute approximate surface area is 163 Å². The maximum absolute atomic E-state index is 12.6. The summed E-state index contributed by atoms with van der Waals surface area (Å²) in [7, 11) is 0. The molecular weight excluding hydrogens is 364 g/mol. The van der Waals surface area contributed by atoms with Crippen LogP contribution in [0.25, 0.3) is 0 Å². The number of nitrogens with one attached hydrogen (secondary N) is 1. The first kappa shape index (κ1) is 19.0. The highest BCUT2D eigenvalue weighted by Crippen LogP contribution is 2.26. The van der Waals surface area contributed by atoms with Crippen molar-refractivity contribution in [3.63, 3.8) is 0 Å². The van der Waals surface area contributed by atoms with Gasteiger partial charge in [-0.1, -0.05) is 54.9 Å². The molecule has 0 unspecified atom stereocenters. The minimum Gasteiger partial charge on any atom is -0.487 e. The van der Waals surface area contributed by atoms with E-state index < -0.39 is 0 Å². The van der Waals surface area contributed by atoms with Gasteiger partial charge in [-0.3, -0.25) is 4.79 Å². The van der Waals surface area contributed by atoms with Crippen LogP contribution in [0.1, 0.15) is 47.1 Å². The summed E-state index contributed by atoms with van der Waals surface area (Å²) in [6.07, 6.45) is 0. The topological polar surface area (TPSA) is 64.4 Å². The van der Waals surface area contributed by atoms with Gasteiger partial charge in [0.05, 0.1) is 10.6 Å². The van der Waals surface area contributed by atoms with E-state index in [-0.39, 0.29) is 18.2 Å². The molecule has 3 rings (SSSR count). The monoisotopic (exact) mass is 384 g/mol. The third kappa shape index (κ3) is 4.49. The molecule has 0 atom stereocenters. The van der Waals surface area contributed by atoms with Crippen LogP contribution in [0.2, 0.25) is 5.02 Å². The molecule has 1 amide bonds. The molecular formula is C21H21ClN2O3. The fourth-order valence-electron chi connectivity index (χ4n) is 2.59. The number of hydrogen-bond acceptors (Lipinski definition) is 4. The van der Waals surface area contributed by atoms with E-state index in [0.29, 0.717) is 33.7 Å². The Morgan fingerprint density at radius 1 is 1.19 bits per heavy atom. The lowest BCUT2D eigenvalue weighted by Gasteiger charge is -2.09. The van der Waals surface area contributed by atoms with Crippen molar-refractivity contribution in [2.45, 2.75) is 33.3 Å². The van der Waals surface area contributed by atoms with Crippen molar-refractivity contribution in [2.24, 2.45) is 0 Å². The van der Waals surface area contributed by atoms with Crippen LogP contribution in [-0.4, -0.2) is 11.1 Å². The summed E-state index contributed by atoms with van der Waals surface area (Å²) in [5.41, 5.74) is 2.70. The molecule has 0 spiro atoms. The number of benzene rings is 2. The fraction of sp³-hybridized carbons (Fsp3) is 0.238. The SMILES string of the molecule is Cc1onc(C(=O)Nc2ccc(C(C)C)cc2)c1COc1ccccc1Cl. The maximum atomic E-state index is 12.6. The van der Waals surface area contributed by atoms with Gasteiger partial charge in [0.25, 0.3) is 5.91 Å². The summed E-state index contributed by atoms with van der Waals surface area (Å²) in [6, 6.07) is 14.9. The molecule has 3 aromatic rings. The molecule has 2 aromatic carbocycles. The number of carbonyl (C=O) groups excluding carboxylic acids is 1. The molecule has 0 aliphatic heterocycles. The van der Waals surface area contributed by atoms with Crippen LogP contribution in [0.5, 0.6) is 5.75 Å². The first-order valence-electron chi connectivity index (χ1n) is 8.69. The van der Waals surface area contributed by atoms with E-state index in [1.165, 1.54) is 5.56 Å². The van der Waals surface area contributed by atoms with Crippen LogP contribution in [0, 0.1) is 6.92 Å². The Morgan fingerprint density at radius 2 is 1.89 bits per heavy atom. The molecule has 0 fully saturated rings. The van der Waals surface area contributed by atoms with Gasteiger partial charge in [-0.15, -0.1) is 0 Å². The number of para-hydroxylation sites is 1. The van der Waals surface area contributed by atoms with E-state index >= 15 is 0 Å². The number of anilines is 1. The summed E-state index contributed by atoms with van der Waals surface area (Å²) >= 11 is 6.11. The van der Waals surface area contributed by atoms with Gasteiger partial charge in [-0.25, -0.2) is 0 Å². The minimum absolute atomic E-state index is 0.133. The number of aryl methyl sites for hydroxylation is 1. The van der Waals surface area contributed by atoms with E-state index in [2.05, 4.69) is 24.3 Å². The van der Waals surface area contributed by atoms with Crippen molar-refractivity contribution in [1.29, 1.82) is 0 Å². The highest BCUT2D eigenvalue weighted by atomic mass is 35.5. The van der Waals surface area contributed by atoms with Crippen LogP contribution in [-0.2, 0) is 6.61 Å². The zero-order valence-electron chi connectivity index (χ0n) is 15.5. The lowest BCUT2D eigenvalue weighted by Crippen LogP contribution is -2.15. The van der Waals surface area contributed by atoms with Gasteiger partial charge in [0, 0.05) is 5.69 Å². The van der Waals surface area contributed by atoms with Gasteiger partial charge < -0.3 is 14.6 Å². The van der Waals surface area contributed by atoms with E-state index in [1.807, 2.05) is 36.4 Å². The average Bonchev–Trinajstić information content (AvgIpc) is 3.02. The molecule has 0 saturated heterocycles. The Hall–Kier alpha value is -2.79. The van der Waals surface area contributed by atoms with Gasteiger partial charge >= 0.3 is 0 Å². The molecule has 1 aromatic heterocycles. The van der Waals surface area contributed by atoms with Crippen molar-refractivity contribution in [2.75, 3.05) is 5.32 Å². The number of halogens is 1. The van der Waals surface area contributed by atoms with Crippen LogP contribution < -0.4 is 10.1 Å². The lowest BCUT2D eigenvalue weighted by atomic mass is 10.0. The van der Waals surface area contributed by atoms with E-state index in [4.69, 9.17) is 20.9 Å². The van der Waals surface area contributed by atoms with Gasteiger partial charge in [0.1, 0.15) is 18.1 Å². The predicted molar refractivity (Wildman–Crippen MR) is 106 cm³/mol. The van der Waals surface area contributed by atoms with Crippen molar-refractivity contribution >= 4 is 23.2 Å². The third-order valence-corrected chi connectivity index (χ3v) is 4.56. The Balaban J connectivity index is 1.73. The number of nitrogens with zero attached hydrogens (tertiary/aromatic N) is 1. The lowest BCUT2D eigenvalue weighted by molar-refractivity contribution is 0.101. The normalized spacial score (nSPS) is 10.9. The number of ether oxygens (including phenoxy) is 1. The summed E-state index contributed by atoms with van der Waals surface area (Å²) < 4.78 is 10.9. The number of aromatic nitrogens is 1. The smallest absolute Gasteiger partial charge is 0.278 e. The number of rotatable bonds is 6. The molecule has 5 nitrogen and oxygen atoms in total. The first-order valence-corrected chi connectivity index (χ1v) is 9.07. The van der Waals surface area contributed by atoms with E-state index in [1.54, 1.807) is 19.1 Å². The van der Waals surface area contributed by atoms with Gasteiger partial charge in [-0.05, 0) is 42.7 Å². The van der Waals surface area contributed by atoms with Crippen LogP contribution >= 0.6 is 11.6 Å². The molecule has 0 saturated carbocycles. The highest BCUT2D eigenvalue weighted by molar-refractivity contribution is 6.32. The Bertz CT molecular complexity index is 933. The second-order valence-corrected chi connectivity index (χ2v) is 6.92. The maximum Gasteiger partial charge on any atom is 0.278 e. The van der Waals surface area contributed by atoms with Crippen molar-refractivity contribution in [1.82, 2.24) is 5.16 Å². The second-order valence-electron chi connectivity index (χ2n) is 6.52. The van der Waals surface area contributed by atoms with E-state index in [0.717, 1.165) is 0 Å². The number of hydrogen-bond donors (Lipinski definition) is 1. The quantitative estimate of drug-likeness (QED) is 0.601. The molecule has 0 bridgehead atoms. The van der Waals surface area contributed by atoms with Gasteiger partial charge in [0.15, 0.2) is 5.69 Å². The molecule has 27 heavy (non-hydrogen) atoms. The predicted octanol–water partition coefficient (Wildman–Crippen LogP) is 5.59. The molecule has 1 N–H and O–H groups in total. The van der Waals surface area contributed by atoms with Crippen LogP contribution in [0.4, 0.5) is 5.69 Å². The van der Waals surface area contributed by atoms with Crippen LogP contribution in [0.3, 0.4) is 0 Å². The molecule has 6 heteroatoms. The first-order chi connectivity index (χ1) is 13.0. The number of carbonyl (C=O) groups is 1. The molecule has 1 heterocycles. The van der Waals surface area contributed by atoms with Gasteiger partial charge in [-0.2, -0.15) is 0 Å². The third-order valence-electron chi connectivity index (χ3n) is 4.24. The zero-order chi connectivity index (χ0) is 19.4. The Kier molecular flexibility index (Phi) is 5.81. The fourth-order valence-corrected chi connectivity index (χ4v) is 2.78. The van der Waals surface area contributed by atoms with Crippen molar-refractivity contribution < 1.29 is 14.1 Å². The molecule has 0 aliphatic rings. The summed E-state index contributed by atoms with van der Waals surface area (Å²) in [4.78, 5) is 12.6. The summed E-state index contributed by atoms with van der Waals surface area (Å²) in [5.74, 6) is 1.15. The molecule has 0 radical (unpaired) electrons. The van der Waals surface area contributed by atoms with Crippen molar-refractivity contribution in [3.8, 4) is 5.75 Å². The number of amides is 1. The molecule has 140 valence electrons.